The fourth-order valence-corrected chi connectivity index (χ4v) is 2.54. The van der Waals surface area contributed by atoms with E-state index in [1.165, 1.54) is 0 Å². The summed E-state index contributed by atoms with van der Waals surface area (Å²) in [6.45, 7) is 3.75. The van der Waals surface area contributed by atoms with Crippen molar-refractivity contribution in [2.24, 2.45) is 0 Å². The van der Waals surface area contributed by atoms with Gasteiger partial charge in [0.05, 0.1) is 25.5 Å². The summed E-state index contributed by atoms with van der Waals surface area (Å²) >= 11 is 1.55. The summed E-state index contributed by atoms with van der Waals surface area (Å²) in [6, 6.07) is 0. The number of rotatable bonds is 6. The van der Waals surface area contributed by atoms with Gasteiger partial charge < -0.3 is 14.9 Å². The van der Waals surface area contributed by atoms with Crippen LogP contribution in [0.2, 0.25) is 0 Å². The van der Waals surface area contributed by atoms with Crippen LogP contribution in [0.25, 0.3) is 0 Å². The molecule has 1 heterocycles. The summed E-state index contributed by atoms with van der Waals surface area (Å²) in [7, 11) is 1.65. The van der Waals surface area contributed by atoms with Gasteiger partial charge in [0, 0.05) is 28.8 Å². The van der Waals surface area contributed by atoms with Crippen LogP contribution in [0, 0.1) is 13.8 Å². The predicted octanol–water partition coefficient (Wildman–Crippen LogP) is 1.29. The van der Waals surface area contributed by atoms with Crippen LogP contribution in [-0.4, -0.2) is 40.8 Å². The highest BCUT2D eigenvalue weighted by atomic mass is 32.2. The predicted molar refractivity (Wildman–Crippen MR) is 69.5 cm³/mol. The van der Waals surface area contributed by atoms with Crippen molar-refractivity contribution >= 4 is 11.8 Å². The van der Waals surface area contributed by atoms with Gasteiger partial charge in [-0.1, -0.05) is 0 Å². The molecule has 0 aliphatic carbocycles. The quantitative estimate of drug-likeness (QED) is 0.804. The molecule has 0 radical (unpaired) electrons. The standard InChI is InChI=1S/C12H19NO3S/c1-8-4-13-11(9(2)12(8)16-3)7-17-6-10(15)5-14/h4,10,14-15H,5-7H2,1-3H3. The number of nitrogens with zero attached hydrogens (tertiary/aromatic N) is 1. The number of aliphatic hydroxyl groups excluding tert-OH is 2. The maximum atomic E-state index is 9.23. The Kier molecular flexibility index (Phi) is 5.74. The summed E-state index contributed by atoms with van der Waals surface area (Å²) in [5.41, 5.74) is 3.02. The summed E-state index contributed by atoms with van der Waals surface area (Å²) < 4.78 is 5.33. The number of hydrogen-bond donors (Lipinski definition) is 2. The maximum absolute atomic E-state index is 9.23. The zero-order chi connectivity index (χ0) is 12.8. The molecule has 96 valence electrons. The average molecular weight is 257 g/mol. The Hall–Kier alpha value is -0.780. The normalized spacial score (nSPS) is 12.5. The third kappa shape index (κ3) is 3.87. The largest absolute Gasteiger partial charge is 0.496 e. The van der Waals surface area contributed by atoms with Crippen molar-refractivity contribution < 1.29 is 14.9 Å². The maximum Gasteiger partial charge on any atom is 0.128 e. The van der Waals surface area contributed by atoms with E-state index in [0.29, 0.717) is 11.5 Å². The molecule has 0 fully saturated rings. The minimum Gasteiger partial charge on any atom is -0.496 e. The van der Waals surface area contributed by atoms with E-state index in [0.717, 1.165) is 22.6 Å². The zero-order valence-corrected chi connectivity index (χ0v) is 11.3. The van der Waals surface area contributed by atoms with E-state index in [1.54, 1.807) is 25.1 Å². The molecule has 0 spiro atoms. The summed E-state index contributed by atoms with van der Waals surface area (Å²) in [6.07, 6.45) is 1.14. The van der Waals surface area contributed by atoms with Gasteiger partial charge in [0.2, 0.25) is 0 Å². The van der Waals surface area contributed by atoms with E-state index < -0.39 is 6.10 Å². The van der Waals surface area contributed by atoms with Gasteiger partial charge in [-0.15, -0.1) is 0 Å². The lowest BCUT2D eigenvalue weighted by atomic mass is 10.1. The van der Waals surface area contributed by atoms with Gasteiger partial charge in [-0.05, 0) is 13.8 Å². The molecule has 1 atom stereocenters. The van der Waals surface area contributed by atoms with E-state index in [9.17, 15) is 5.11 Å². The number of hydrogen-bond acceptors (Lipinski definition) is 5. The lowest BCUT2D eigenvalue weighted by molar-refractivity contribution is 0.113. The minimum absolute atomic E-state index is 0.198. The van der Waals surface area contributed by atoms with Crippen molar-refractivity contribution in [3.63, 3.8) is 0 Å². The van der Waals surface area contributed by atoms with Crippen LogP contribution in [0.3, 0.4) is 0 Å². The Morgan fingerprint density at radius 1 is 1.47 bits per heavy atom. The second kappa shape index (κ2) is 6.83. The van der Waals surface area contributed by atoms with Gasteiger partial charge in [-0.2, -0.15) is 11.8 Å². The number of thioether (sulfide) groups is 1. The fraction of sp³-hybridized carbons (Fsp3) is 0.583. The Morgan fingerprint density at radius 2 is 2.18 bits per heavy atom. The topological polar surface area (TPSA) is 62.6 Å². The van der Waals surface area contributed by atoms with Gasteiger partial charge in [0.25, 0.3) is 0 Å². The highest BCUT2D eigenvalue weighted by Gasteiger charge is 2.10. The Labute approximate surface area is 106 Å². The van der Waals surface area contributed by atoms with Crippen LogP contribution in [0.4, 0.5) is 0 Å². The molecule has 4 nitrogen and oxygen atoms in total. The second-order valence-corrected chi connectivity index (χ2v) is 4.93. The third-order valence-electron chi connectivity index (χ3n) is 2.51. The van der Waals surface area contributed by atoms with E-state index in [1.807, 2.05) is 13.8 Å². The molecule has 0 aliphatic heterocycles. The summed E-state index contributed by atoms with van der Waals surface area (Å²) in [4.78, 5) is 4.36. The number of methoxy groups -OCH3 is 1. The Balaban J connectivity index is 2.66. The molecule has 2 N–H and O–H groups in total. The number of ether oxygens (including phenoxy) is 1. The minimum atomic E-state index is -0.660. The van der Waals surface area contributed by atoms with Crippen molar-refractivity contribution in [1.29, 1.82) is 0 Å². The molecule has 0 bridgehead atoms. The fourth-order valence-electron chi connectivity index (χ4n) is 1.56. The van der Waals surface area contributed by atoms with Crippen molar-refractivity contribution in [2.45, 2.75) is 25.7 Å². The molecule has 5 heteroatoms. The molecule has 0 aromatic carbocycles. The first-order valence-corrected chi connectivity index (χ1v) is 6.61. The molecule has 0 amide bonds. The molecule has 0 saturated heterocycles. The van der Waals surface area contributed by atoms with E-state index in [2.05, 4.69) is 4.98 Å². The third-order valence-corrected chi connectivity index (χ3v) is 3.61. The van der Waals surface area contributed by atoms with Crippen molar-refractivity contribution in [3.8, 4) is 5.75 Å². The van der Waals surface area contributed by atoms with Crippen molar-refractivity contribution in [2.75, 3.05) is 19.5 Å². The van der Waals surface area contributed by atoms with Gasteiger partial charge >= 0.3 is 0 Å². The van der Waals surface area contributed by atoms with Crippen molar-refractivity contribution in [3.05, 3.63) is 23.0 Å². The van der Waals surface area contributed by atoms with Crippen LogP contribution >= 0.6 is 11.8 Å². The van der Waals surface area contributed by atoms with E-state index in [4.69, 9.17) is 9.84 Å². The molecule has 1 rings (SSSR count). The first-order chi connectivity index (χ1) is 8.10. The van der Waals surface area contributed by atoms with Crippen LogP contribution in [0.5, 0.6) is 5.75 Å². The van der Waals surface area contributed by atoms with Gasteiger partial charge in [-0.3, -0.25) is 4.98 Å². The molecule has 17 heavy (non-hydrogen) atoms. The van der Waals surface area contributed by atoms with Crippen LogP contribution < -0.4 is 4.74 Å². The molecule has 1 unspecified atom stereocenters. The van der Waals surface area contributed by atoms with Gasteiger partial charge in [0.15, 0.2) is 0 Å². The van der Waals surface area contributed by atoms with Gasteiger partial charge in [-0.25, -0.2) is 0 Å². The SMILES string of the molecule is COc1c(C)cnc(CSCC(O)CO)c1C. The first-order valence-electron chi connectivity index (χ1n) is 5.45. The molecule has 1 aromatic heterocycles. The highest BCUT2D eigenvalue weighted by molar-refractivity contribution is 7.98. The lowest BCUT2D eigenvalue weighted by Gasteiger charge is -2.12. The number of aryl methyl sites for hydroxylation is 1. The Bertz CT molecular complexity index is 371. The van der Waals surface area contributed by atoms with Gasteiger partial charge in [0.1, 0.15) is 5.75 Å². The Morgan fingerprint density at radius 3 is 2.76 bits per heavy atom. The van der Waals surface area contributed by atoms with Crippen LogP contribution in [0.1, 0.15) is 16.8 Å². The zero-order valence-electron chi connectivity index (χ0n) is 10.4. The molecule has 0 saturated carbocycles. The first kappa shape index (κ1) is 14.3. The van der Waals surface area contributed by atoms with E-state index >= 15 is 0 Å². The average Bonchev–Trinajstić information content (AvgIpc) is 2.32. The summed E-state index contributed by atoms with van der Waals surface area (Å²) in [5.74, 6) is 2.09. The molecular formula is C12H19NO3S. The number of aromatic nitrogens is 1. The lowest BCUT2D eigenvalue weighted by Crippen LogP contribution is -2.14. The number of pyridine rings is 1. The second-order valence-electron chi connectivity index (χ2n) is 3.90. The van der Waals surface area contributed by atoms with E-state index in [-0.39, 0.29) is 6.61 Å². The summed E-state index contributed by atoms with van der Waals surface area (Å²) in [5, 5.41) is 17.9. The highest BCUT2D eigenvalue weighted by Crippen LogP contribution is 2.26. The van der Waals surface area contributed by atoms with Crippen molar-refractivity contribution in [1.82, 2.24) is 4.98 Å². The van der Waals surface area contributed by atoms with Crippen LogP contribution in [-0.2, 0) is 5.75 Å². The molecular weight excluding hydrogens is 238 g/mol. The van der Waals surface area contributed by atoms with Crippen LogP contribution in [0.15, 0.2) is 6.20 Å². The monoisotopic (exact) mass is 257 g/mol. The molecule has 1 aromatic rings. The smallest absolute Gasteiger partial charge is 0.128 e. The molecule has 0 aliphatic rings. The number of aliphatic hydroxyl groups is 2.